The molecule has 2 aromatic rings. The molecule has 2 aliphatic heterocycles. The smallest absolute Gasteiger partial charge is 0.257 e. The number of likely N-dealkylation sites (tertiary alicyclic amines) is 1. The minimum atomic E-state index is -0.125. The number of ether oxygens (including phenoxy) is 2. The Morgan fingerprint density at radius 2 is 1.91 bits per heavy atom. The summed E-state index contributed by atoms with van der Waals surface area (Å²) >= 11 is 0. The van der Waals surface area contributed by atoms with E-state index in [9.17, 15) is 4.79 Å². The molecule has 2 atom stereocenters. The molecule has 2 aromatic carbocycles. The van der Waals surface area contributed by atoms with Gasteiger partial charge in [-0.3, -0.25) is 9.69 Å². The van der Waals surface area contributed by atoms with Crippen LogP contribution in [0.3, 0.4) is 0 Å². The Bertz CT molecular complexity index is 1050. The van der Waals surface area contributed by atoms with Crippen molar-refractivity contribution >= 4 is 11.6 Å². The Labute approximate surface area is 197 Å². The van der Waals surface area contributed by atoms with Gasteiger partial charge >= 0.3 is 0 Å². The molecule has 6 nitrogen and oxygen atoms in total. The number of piperidine rings is 1. The summed E-state index contributed by atoms with van der Waals surface area (Å²) in [4.78, 5) is 15.9. The Kier molecular flexibility index (Phi) is 7.03. The van der Waals surface area contributed by atoms with E-state index in [-0.39, 0.29) is 11.9 Å². The first-order valence-corrected chi connectivity index (χ1v) is 11.8. The van der Waals surface area contributed by atoms with Gasteiger partial charge in [-0.25, -0.2) is 5.01 Å². The normalized spacial score (nSPS) is 21.1. The van der Waals surface area contributed by atoms with Gasteiger partial charge in [-0.2, -0.15) is 5.10 Å². The van der Waals surface area contributed by atoms with Gasteiger partial charge in [-0.15, -0.1) is 0 Å². The van der Waals surface area contributed by atoms with Crippen LogP contribution in [-0.4, -0.2) is 54.9 Å². The van der Waals surface area contributed by atoms with Gasteiger partial charge in [0.15, 0.2) is 0 Å². The lowest BCUT2D eigenvalue weighted by atomic mass is 9.94. The average Bonchev–Trinajstić information content (AvgIpc) is 3.25. The van der Waals surface area contributed by atoms with Gasteiger partial charge in [0, 0.05) is 24.1 Å². The fourth-order valence-corrected chi connectivity index (χ4v) is 5.02. The van der Waals surface area contributed by atoms with Crippen LogP contribution < -0.4 is 9.47 Å². The minimum absolute atomic E-state index is 0.0520. The first-order chi connectivity index (χ1) is 15.9. The quantitative estimate of drug-likeness (QED) is 0.631. The summed E-state index contributed by atoms with van der Waals surface area (Å²) in [6, 6.07) is 12.5. The van der Waals surface area contributed by atoms with Crippen LogP contribution >= 0.6 is 0 Å². The molecule has 0 saturated carbocycles. The van der Waals surface area contributed by atoms with Crippen LogP contribution in [-0.2, 0) is 4.79 Å². The monoisotopic (exact) mass is 449 g/mol. The van der Waals surface area contributed by atoms with Crippen LogP contribution in [0.4, 0.5) is 0 Å². The molecule has 4 rings (SSSR count). The second-order valence-corrected chi connectivity index (χ2v) is 9.25. The van der Waals surface area contributed by atoms with Crippen molar-refractivity contribution in [2.75, 3.05) is 27.3 Å². The molecule has 2 aliphatic rings. The number of amides is 1. The van der Waals surface area contributed by atoms with E-state index >= 15 is 0 Å². The standard InChI is InChI=1S/C27H35N3O3/c1-18-9-11-22(19(2)14-18)25-16-24(23-12-10-21(32-4)15-26(23)33-5)28-30(25)27(31)17-29-13-7-6-8-20(29)3/h9-12,14-15,20,25H,6-8,13,16-17H2,1-5H3. The number of benzene rings is 2. The minimum Gasteiger partial charge on any atom is -0.497 e. The summed E-state index contributed by atoms with van der Waals surface area (Å²) in [6.07, 6.45) is 4.18. The van der Waals surface area contributed by atoms with Gasteiger partial charge in [-0.05, 0) is 63.4 Å². The number of carbonyl (C=O) groups excluding carboxylic acids is 1. The number of methoxy groups -OCH3 is 2. The highest BCUT2D eigenvalue weighted by molar-refractivity contribution is 6.05. The van der Waals surface area contributed by atoms with Crippen molar-refractivity contribution in [3.63, 3.8) is 0 Å². The number of rotatable bonds is 6. The SMILES string of the molecule is COc1ccc(C2=NN(C(=O)CN3CCCCC3C)C(c3ccc(C)cc3C)C2)c(OC)c1. The second-order valence-electron chi connectivity index (χ2n) is 9.25. The molecule has 0 N–H and O–H groups in total. The van der Waals surface area contributed by atoms with E-state index in [2.05, 4.69) is 43.9 Å². The molecule has 6 heteroatoms. The molecule has 33 heavy (non-hydrogen) atoms. The Balaban J connectivity index is 1.68. The van der Waals surface area contributed by atoms with Crippen LogP contribution in [0.1, 0.15) is 60.9 Å². The summed E-state index contributed by atoms with van der Waals surface area (Å²) in [7, 11) is 3.29. The largest absolute Gasteiger partial charge is 0.497 e. The number of carbonyl (C=O) groups is 1. The predicted octanol–water partition coefficient (Wildman–Crippen LogP) is 4.87. The van der Waals surface area contributed by atoms with Crippen molar-refractivity contribution in [2.45, 2.75) is 58.5 Å². The van der Waals surface area contributed by atoms with Crippen LogP contribution in [0.5, 0.6) is 11.5 Å². The highest BCUT2D eigenvalue weighted by Crippen LogP contribution is 2.37. The summed E-state index contributed by atoms with van der Waals surface area (Å²) < 4.78 is 11.0. The molecule has 2 unspecified atom stereocenters. The zero-order valence-corrected chi connectivity index (χ0v) is 20.4. The van der Waals surface area contributed by atoms with Crippen LogP contribution in [0, 0.1) is 13.8 Å². The molecule has 0 aromatic heterocycles. The molecule has 0 bridgehead atoms. The van der Waals surface area contributed by atoms with Crippen molar-refractivity contribution in [2.24, 2.45) is 5.10 Å². The first-order valence-electron chi connectivity index (χ1n) is 11.8. The van der Waals surface area contributed by atoms with Crippen molar-refractivity contribution in [1.29, 1.82) is 0 Å². The highest BCUT2D eigenvalue weighted by atomic mass is 16.5. The third-order valence-corrected chi connectivity index (χ3v) is 6.95. The lowest BCUT2D eigenvalue weighted by Gasteiger charge is -2.34. The van der Waals surface area contributed by atoms with Gasteiger partial charge in [0.2, 0.25) is 0 Å². The van der Waals surface area contributed by atoms with Crippen molar-refractivity contribution in [3.05, 3.63) is 58.7 Å². The van der Waals surface area contributed by atoms with E-state index in [4.69, 9.17) is 14.6 Å². The van der Waals surface area contributed by atoms with Gasteiger partial charge < -0.3 is 9.47 Å². The number of hydrogen-bond donors (Lipinski definition) is 0. The maximum atomic E-state index is 13.6. The maximum Gasteiger partial charge on any atom is 0.257 e. The number of aryl methyl sites for hydroxylation is 2. The molecule has 2 heterocycles. The summed E-state index contributed by atoms with van der Waals surface area (Å²) in [5.74, 6) is 1.48. The highest BCUT2D eigenvalue weighted by Gasteiger charge is 2.36. The summed E-state index contributed by atoms with van der Waals surface area (Å²) in [6.45, 7) is 7.80. The first kappa shape index (κ1) is 23.3. The van der Waals surface area contributed by atoms with E-state index in [1.807, 2.05) is 18.2 Å². The molecule has 1 amide bonds. The molecule has 0 spiro atoms. The van der Waals surface area contributed by atoms with E-state index in [1.165, 1.54) is 17.5 Å². The van der Waals surface area contributed by atoms with Gasteiger partial charge in [0.1, 0.15) is 11.5 Å². The van der Waals surface area contributed by atoms with Crippen LogP contribution in [0.25, 0.3) is 0 Å². The third-order valence-electron chi connectivity index (χ3n) is 6.95. The number of hydrazone groups is 1. The van der Waals surface area contributed by atoms with Crippen LogP contribution in [0.2, 0.25) is 0 Å². The fourth-order valence-electron chi connectivity index (χ4n) is 5.02. The predicted molar refractivity (Wildman–Crippen MR) is 131 cm³/mol. The Hall–Kier alpha value is -2.86. The van der Waals surface area contributed by atoms with Gasteiger partial charge in [-0.1, -0.05) is 30.2 Å². The average molecular weight is 450 g/mol. The van der Waals surface area contributed by atoms with E-state index in [1.54, 1.807) is 19.2 Å². The summed E-state index contributed by atoms with van der Waals surface area (Å²) in [5.41, 5.74) is 5.30. The molecule has 0 radical (unpaired) electrons. The van der Waals surface area contributed by atoms with E-state index < -0.39 is 0 Å². The molecule has 0 aliphatic carbocycles. The molecular formula is C27H35N3O3. The second kappa shape index (κ2) is 9.96. The Morgan fingerprint density at radius 1 is 1.09 bits per heavy atom. The third kappa shape index (κ3) is 4.91. The summed E-state index contributed by atoms with van der Waals surface area (Å²) in [5, 5.41) is 6.61. The molecule has 1 saturated heterocycles. The maximum absolute atomic E-state index is 13.6. The number of hydrogen-bond acceptors (Lipinski definition) is 5. The van der Waals surface area contributed by atoms with E-state index in [0.29, 0.717) is 24.8 Å². The van der Waals surface area contributed by atoms with Crippen molar-refractivity contribution in [3.8, 4) is 11.5 Å². The molecule has 1 fully saturated rings. The van der Waals surface area contributed by atoms with Gasteiger partial charge in [0.05, 0.1) is 32.5 Å². The van der Waals surface area contributed by atoms with Crippen LogP contribution in [0.15, 0.2) is 41.5 Å². The molecular weight excluding hydrogens is 414 g/mol. The molecule has 176 valence electrons. The van der Waals surface area contributed by atoms with Crippen molar-refractivity contribution < 1.29 is 14.3 Å². The number of nitrogens with zero attached hydrogens (tertiary/aromatic N) is 3. The van der Waals surface area contributed by atoms with Crippen molar-refractivity contribution in [1.82, 2.24) is 9.91 Å². The zero-order valence-electron chi connectivity index (χ0n) is 20.4. The lowest BCUT2D eigenvalue weighted by Crippen LogP contribution is -2.44. The Morgan fingerprint density at radius 3 is 2.61 bits per heavy atom. The van der Waals surface area contributed by atoms with E-state index in [0.717, 1.165) is 42.0 Å². The lowest BCUT2D eigenvalue weighted by molar-refractivity contribution is -0.135. The topological polar surface area (TPSA) is 54.4 Å². The zero-order chi connectivity index (χ0) is 23.5. The van der Waals surface area contributed by atoms with Gasteiger partial charge in [0.25, 0.3) is 5.91 Å². The fraction of sp³-hybridized carbons (Fsp3) is 0.481.